The number of H-pyrrole nitrogens is 1. The highest BCUT2D eigenvalue weighted by Gasteiger charge is 2.44. The Kier molecular flexibility index (Phi) is 5.69. The molecule has 128 valence electrons. The van der Waals surface area contributed by atoms with E-state index in [-0.39, 0.29) is 5.92 Å². The molecule has 2 aromatic heterocycles. The molecule has 0 spiro atoms. The first-order chi connectivity index (χ1) is 10.8. The summed E-state index contributed by atoms with van der Waals surface area (Å²) in [6.45, 7) is 7.34. The second-order valence-electron chi connectivity index (χ2n) is 6.22. The number of aliphatic hydroxyl groups excluding tert-OH is 3. The molecule has 0 radical (unpaired) electrons. The second kappa shape index (κ2) is 7.35. The lowest BCUT2D eigenvalue weighted by molar-refractivity contribution is -0.0780. The van der Waals surface area contributed by atoms with Crippen molar-refractivity contribution in [1.82, 2.24) is 15.0 Å². The summed E-state index contributed by atoms with van der Waals surface area (Å²) in [6.07, 6.45) is -0.237. The van der Waals surface area contributed by atoms with Crippen LogP contribution in [-0.4, -0.2) is 60.8 Å². The minimum absolute atomic E-state index is 0.0112. The number of aryl methyl sites for hydroxylation is 1. The summed E-state index contributed by atoms with van der Waals surface area (Å²) < 4.78 is 5.26. The number of nitrogens with zero attached hydrogens (tertiary/aromatic N) is 2. The van der Waals surface area contributed by atoms with Gasteiger partial charge in [-0.15, -0.1) is 0 Å². The number of ether oxygens (including phenoxy) is 1. The van der Waals surface area contributed by atoms with Gasteiger partial charge in [-0.2, -0.15) is 0 Å². The maximum atomic E-state index is 9.64. The summed E-state index contributed by atoms with van der Waals surface area (Å²) in [5.74, 6) is 0.0112. The molecule has 0 unspecified atom stereocenters. The van der Waals surface area contributed by atoms with Crippen molar-refractivity contribution in [2.75, 3.05) is 0 Å². The predicted octanol–water partition coefficient (Wildman–Crippen LogP) is 0.779. The van der Waals surface area contributed by atoms with Crippen LogP contribution in [0.1, 0.15) is 26.5 Å². The summed E-state index contributed by atoms with van der Waals surface area (Å²) >= 11 is 0. The molecule has 5 atom stereocenters. The number of aromatic nitrogens is 3. The first-order valence-corrected chi connectivity index (χ1v) is 7.77. The molecule has 0 amide bonds. The van der Waals surface area contributed by atoms with E-state index in [4.69, 9.17) is 4.74 Å². The third-order valence-electron chi connectivity index (χ3n) is 4.11. The monoisotopic (exact) mass is 323 g/mol. The van der Waals surface area contributed by atoms with Crippen LogP contribution in [-0.2, 0) is 4.74 Å². The SMILES string of the molecule is CC(C)[C@H](O)[C@H]1O[C@@H](C)[C@H](O)[C@@H]1O.Cc1ncnc2[nH]ccc12. The van der Waals surface area contributed by atoms with E-state index in [1.165, 1.54) is 0 Å². The molecule has 0 aliphatic carbocycles. The molecule has 1 aliphatic heterocycles. The van der Waals surface area contributed by atoms with E-state index in [1.807, 2.05) is 33.0 Å². The average molecular weight is 323 g/mol. The van der Waals surface area contributed by atoms with Gasteiger partial charge in [-0.25, -0.2) is 9.97 Å². The first-order valence-electron chi connectivity index (χ1n) is 7.77. The Morgan fingerprint density at radius 1 is 1.22 bits per heavy atom. The molecule has 7 heteroatoms. The molecule has 1 aliphatic rings. The van der Waals surface area contributed by atoms with Crippen LogP contribution in [0.5, 0.6) is 0 Å². The normalized spacial score (nSPS) is 28.7. The molecule has 0 aromatic carbocycles. The summed E-state index contributed by atoms with van der Waals surface area (Å²) in [5, 5.41) is 29.6. The molecule has 1 saturated heterocycles. The first kappa shape index (κ1) is 17.8. The number of hydrogen-bond acceptors (Lipinski definition) is 6. The number of aliphatic hydroxyl groups is 3. The summed E-state index contributed by atoms with van der Waals surface area (Å²) in [7, 11) is 0. The number of fused-ring (bicyclic) bond motifs is 1. The molecule has 7 nitrogen and oxygen atoms in total. The zero-order valence-electron chi connectivity index (χ0n) is 13.8. The van der Waals surface area contributed by atoms with Gasteiger partial charge in [0.2, 0.25) is 0 Å². The highest BCUT2D eigenvalue weighted by Crippen LogP contribution is 2.25. The van der Waals surface area contributed by atoms with E-state index in [0.717, 1.165) is 16.7 Å². The van der Waals surface area contributed by atoms with Crippen LogP contribution in [0.25, 0.3) is 11.0 Å². The van der Waals surface area contributed by atoms with Crippen molar-refractivity contribution < 1.29 is 20.1 Å². The van der Waals surface area contributed by atoms with Crippen molar-refractivity contribution >= 4 is 11.0 Å². The van der Waals surface area contributed by atoms with Gasteiger partial charge in [0.05, 0.1) is 17.9 Å². The van der Waals surface area contributed by atoms with E-state index in [9.17, 15) is 15.3 Å². The van der Waals surface area contributed by atoms with E-state index in [0.29, 0.717) is 0 Å². The molecule has 3 rings (SSSR count). The van der Waals surface area contributed by atoms with Crippen LogP contribution >= 0.6 is 0 Å². The summed E-state index contributed by atoms with van der Waals surface area (Å²) in [6, 6.07) is 1.98. The van der Waals surface area contributed by atoms with Crippen molar-refractivity contribution in [3.8, 4) is 0 Å². The van der Waals surface area contributed by atoms with Crippen LogP contribution in [0.2, 0.25) is 0 Å². The Morgan fingerprint density at radius 3 is 2.43 bits per heavy atom. The highest BCUT2D eigenvalue weighted by atomic mass is 16.6. The molecule has 0 bridgehead atoms. The molecule has 1 fully saturated rings. The molecule has 23 heavy (non-hydrogen) atoms. The lowest BCUT2D eigenvalue weighted by Crippen LogP contribution is -2.41. The zero-order valence-corrected chi connectivity index (χ0v) is 13.8. The quantitative estimate of drug-likeness (QED) is 0.650. The number of rotatable bonds is 2. The fourth-order valence-corrected chi connectivity index (χ4v) is 2.54. The van der Waals surface area contributed by atoms with Gasteiger partial charge in [0, 0.05) is 11.6 Å². The molecular formula is C16H25N3O4. The molecule has 4 N–H and O–H groups in total. The Labute approximate surface area is 135 Å². The lowest BCUT2D eigenvalue weighted by atomic mass is 9.97. The van der Waals surface area contributed by atoms with Crippen molar-refractivity contribution in [2.45, 2.75) is 58.2 Å². The molecule has 2 aromatic rings. The van der Waals surface area contributed by atoms with Crippen molar-refractivity contribution in [3.63, 3.8) is 0 Å². The van der Waals surface area contributed by atoms with Gasteiger partial charge in [-0.05, 0) is 25.8 Å². The van der Waals surface area contributed by atoms with Crippen LogP contribution in [0.4, 0.5) is 0 Å². The Balaban J connectivity index is 0.000000172. The third-order valence-corrected chi connectivity index (χ3v) is 4.11. The Morgan fingerprint density at radius 2 is 1.91 bits per heavy atom. The highest BCUT2D eigenvalue weighted by molar-refractivity contribution is 5.77. The number of nitrogens with one attached hydrogen (secondary N) is 1. The van der Waals surface area contributed by atoms with E-state index in [1.54, 1.807) is 13.3 Å². The van der Waals surface area contributed by atoms with Crippen LogP contribution in [0.3, 0.4) is 0 Å². The zero-order chi connectivity index (χ0) is 17.1. The fraction of sp³-hybridized carbons (Fsp3) is 0.625. The largest absolute Gasteiger partial charge is 0.390 e. The third kappa shape index (κ3) is 3.87. The van der Waals surface area contributed by atoms with Gasteiger partial charge in [-0.1, -0.05) is 13.8 Å². The smallest absolute Gasteiger partial charge is 0.140 e. The van der Waals surface area contributed by atoms with Gasteiger partial charge in [0.25, 0.3) is 0 Å². The minimum Gasteiger partial charge on any atom is -0.390 e. The van der Waals surface area contributed by atoms with Gasteiger partial charge in [0.15, 0.2) is 0 Å². The van der Waals surface area contributed by atoms with E-state index >= 15 is 0 Å². The van der Waals surface area contributed by atoms with Gasteiger partial charge < -0.3 is 25.0 Å². The number of hydrogen-bond donors (Lipinski definition) is 4. The van der Waals surface area contributed by atoms with Crippen molar-refractivity contribution in [2.24, 2.45) is 5.92 Å². The van der Waals surface area contributed by atoms with E-state index < -0.39 is 30.5 Å². The maximum Gasteiger partial charge on any atom is 0.140 e. The van der Waals surface area contributed by atoms with Gasteiger partial charge >= 0.3 is 0 Å². The molecule has 0 saturated carbocycles. The Hall–Kier alpha value is -1.54. The van der Waals surface area contributed by atoms with Crippen molar-refractivity contribution in [1.29, 1.82) is 0 Å². The number of aromatic amines is 1. The molecule has 3 heterocycles. The second-order valence-corrected chi connectivity index (χ2v) is 6.22. The summed E-state index contributed by atoms with van der Waals surface area (Å²) in [4.78, 5) is 11.1. The van der Waals surface area contributed by atoms with Crippen LogP contribution < -0.4 is 0 Å². The van der Waals surface area contributed by atoms with Gasteiger partial charge in [0.1, 0.15) is 30.3 Å². The Bertz CT molecular complexity index is 627. The van der Waals surface area contributed by atoms with Crippen molar-refractivity contribution in [3.05, 3.63) is 24.3 Å². The molecular weight excluding hydrogens is 298 g/mol. The lowest BCUT2D eigenvalue weighted by Gasteiger charge is -2.23. The van der Waals surface area contributed by atoms with Crippen LogP contribution in [0.15, 0.2) is 18.6 Å². The predicted molar refractivity (Wildman–Crippen MR) is 85.8 cm³/mol. The van der Waals surface area contributed by atoms with E-state index in [2.05, 4.69) is 15.0 Å². The maximum absolute atomic E-state index is 9.64. The standard InChI is InChI=1S/C9H18O4.C7H7N3/c1-4(2)6(10)9-8(12)7(11)5(3)13-9;1-5-6-2-3-8-7(6)10-4-9-5/h4-12H,1-3H3;2-4H,1H3,(H,8,9,10)/t5-,6-,7-,8-,9+;/m0./s1. The topological polar surface area (TPSA) is 111 Å². The van der Waals surface area contributed by atoms with Crippen LogP contribution in [0, 0.1) is 12.8 Å². The minimum atomic E-state index is -0.979. The van der Waals surface area contributed by atoms with Gasteiger partial charge in [-0.3, -0.25) is 0 Å². The average Bonchev–Trinajstić information content (AvgIpc) is 3.09. The fourth-order valence-electron chi connectivity index (χ4n) is 2.54. The summed E-state index contributed by atoms with van der Waals surface area (Å²) in [5.41, 5.74) is 1.93.